The monoisotopic (exact) mass is 448 g/mol. The Hall–Kier alpha value is -2.44. The molecule has 0 fully saturated rings. The number of ether oxygens (including phenoxy) is 1. The molecule has 26 heavy (non-hydrogen) atoms. The van der Waals surface area contributed by atoms with Gasteiger partial charge in [-0.15, -0.1) is 6.42 Å². The highest BCUT2D eigenvalue weighted by Gasteiger charge is 2.12. The average molecular weight is 450 g/mol. The third-order valence-electron chi connectivity index (χ3n) is 3.13. The lowest BCUT2D eigenvalue weighted by atomic mass is 10.1. The lowest BCUT2D eigenvalue weighted by Crippen LogP contribution is -2.13. The molecule has 2 rings (SSSR count). The van der Waals surface area contributed by atoms with Crippen molar-refractivity contribution in [3.8, 4) is 24.2 Å². The molecule has 0 saturated carbocycles. The minimum Gasteiger partial charge on any atom is -0.480 e. The van der Waals surface area contributed by atoms with Crippen molar-refractivity contribution < 1.29 is 9.53 Å². The number of carbonyl (C=O) groups is 1. The molecule has 4 nitrogen and oxygen atoms in total. The fraction of sp³-hybridized carbons (Fsp3) is 0.0526. The summed E-state index contributed by atoms with van der Waals surface area (Å²) in [5.74, 6) is 2.24. The largest absolute Gasteiger partial charge is 0.480 e. The Balaban J connectivity index is 2.31. The Morgan fingerprint density at radius 2 is 2.04 bits per heavy atom. The fourth-order valence-corrected chi connectivity index (χ4v) is 2.64. The van der Waals surface area contributed by atoms with Gasteiger partial charge in [-0.25, -0.2) is 0 Å². The van der Waals surface area contributed by atoms with Gasteiger partial charge in [-0.05, 0) is 42.5 Å². The summed E-state index contributed by atoms with van der Waals surface area (Å²) in [4.78, 5) is 12.4. The number of hydrogen-bond acceptors (Lipinski definition) is 3. The Morgan fingerprint density at radius 1 is 1.27 bits per heavy atom. The molecule has 0 saturated heterocycles. The topological polar surface area (TPSA) is 62.1 Å². The second-order valence-corrected chi connectivity index (χ2v) is 6.66. The maximum Gasteiger partial charge on any atom is 0.266 e. The van der Waals surface area contributed by atoms with Gasteiger partial charge in [-0.1, -0.05) is 45.1 Å². The summed E-state index contributed by atoms with van der Waals surface area (Å²) < 4.78 is 6.20. The second kappa shape index (κ2) is 9.31. The molecule has 1 N–H and O–H groups in total. The van der Waals surface area contributed by atoms with Crippen LogP contribution in [-0.4, -0.2) is 12.5 Å². The molecule has 0 radical (unpaired) electrons. The van der Waals surface area contributed by atoms with E-state index < -0.39 is 5.91 Å². The predicted molar refractivity (Wildman–Crippen MR) is 107 cm³/mol. The Bertz CT molecular complexity index is 959. The van der Waals surface area contributed by atoms with Crippen LogP contribution in [0.4, 0.5) is 5.69 Å². The highest BCUT2D eigenvalue weighted by Crippen LogP contribution is 2.27. The van der Waals surface area contributed by atoms with E-state index in [0.717, 1.165) is 4.47 Å². The summed E-state index contributed by atoms with van der Waals surface area (Å²) >= 11 is 15.1. The molecule has 0 bridgehead atoms. The summed E-state index contributed by atoms with van der Waals surface area (Å²) in [6.07, 6.45) is 6.62. The highest BCUT2D eigenvalue weighted by molar-refractivity contribution is 9.10. The normalized spacial score (nSPS) is 10.6. The zero-order valence-corrected chi connectivity index (χ0v) is 16.3. The van der Waals surface area contributed by atoms with Crippen molar-refractivity contribution in [3.05, 3.63) is 62.1 Å². The average Bonchev–Trinajstić information content (AvgIpc) is 2.62. The molecule has 0 spiro atoms. The van der Waals surface area contributed by atoms with E-state index in [1.807, 2.05) is 6.07 Å². The summed E-state index contributed by atoms with van der Waals surface area (Å²) in [5, 5.41) is 12.6. The number of benzene rings is 2. The summed E-state index contributed by atoms with van der Waals surface area (Å²) in [5.41, 5.74) is 0.846. The molecule has 7 heteroatoms. The van der Waals surface area contributed by atoms with Gasteiger partial charge in [0.2, 0.25) is 0 Å². The van der Waals surface area contributed by atoms with Gasteiger partial charge in [0.05, 0.1) is 10.0 Å². The Kier molecular flexibility index (Phi) is 7.12. The highest BCUT2D eigenvalue weighted by atomic mass is 79.9. The first kappa shape index (κ1) is 19.9. The molecule has 1 amide bonds. The van der Waals surface area contributed by atoms with Crippen LogP contribution in [0, 0.1) is 23.7 Å². The van der Waals surface area contributed by atoms with Crippen LogP contribution in [0.25, 0.3) is 6.08 Å². The van der Waals surface area contributed by atoms with E-state index in [4.69, 9.17) is 34.4 Å². The van der Waals surface area contributed by atoms with Crippen LogP contribution in [0.3, 0.4) is 0 Å². The zero-order valence-electron chi connectivity index (χ0n) is 13.2. The molecule has 0 unspecified atom stereocenters. The van der Waals surface area contributed by atoms with E-state index >= 15 is 0 Å². The zero-order chi connectivity index (χ0) is 19.1. The molecule has 2 aromatic carbocycles. The number of terminal acetylenes is 1. The van der Waals surface area contributed by atoms with Crippen LogP contribution in [-0.2, 0) is 4.79 Å². The molecule has 2 aromatic rings. The SMILES string of the molecule is C#CCOc1ccc(Br)cc1/C=C(\C#N)C(=O)Nc1ccc(Cl)c(Cl)c1. The van der Waals surface area contributed by atoms with Gasteiger partial charge in [-0.3, -0.25) is 4.79 Å². The van der Waals surface area contributed by atoms with Gasteiger partial charge in [-0.2, -0.15) is 5.26 Å². The van der Waals surface area contributed by atoms with Gasteiger partial charge in [0.1, 0.15) is 24.0 Å². The number of nitrogens with zero attached hydrogens (tertiary/aromatic N) is 1. The number of hydrogen-bond donors (Lipinski definition) is 1. The first-order chi connectivity index (χ1) is 12.4. The van der Waals surface area contributed by atoms with E-state index in [2.05, 4.69) is 27.2 Å². The summed E-state index contributed by atoms with van der Waals surface area (Å²) in [6.45, 7) is 0.0693. The van der Waals surface area contributed by atoms with Gasteiger partial charge >= 0.3 is 0 Å². The number of amides is 1. The van der Waals surface area contributed by atoms with Crippen molar-refractivity contribution in [2.45, 2.75) is 0 Å². The Morgan fingerprint density at radius 3 is 2.69 bits per heavy atom. The van der Waals surface area contributed by atoms with Crippen LogP contribution < -0.4 is 10.1 Å². The number of nitrogens with one attached hydrogen (secondary N) is 1. The molecule has 0 aliphatic carbocycles. The number of halogens is 3. The third kappa shape index (κ3) is 5.28. The maximum absolute atomic E-state index is 12.4. The number of anilines is 1. The van der Waals surface area contributed by atoms with Crippen LogP contribution in [0.1, 0.15) is 5.56 Å². The van der Waals surface area contributed by atoms with Crippen LogP contribution >= 0.6 is 39.1 Å². The minimum absolute atomic E-state index is 0.0693. The smallest absolute Gasteiger partial charge is 0.266 e. The van der Waals surface area contributed by atoms with Crippen LogP contribution in [0.5, 0.6) is 5.75 Å². The second-order valence-electron chi connectivity index (χ2n) is 4.93. The van der Waals surface area contributed by atoms with E-state index in [-0.39, 0.29) is 12.2 Å². The van der Waals surface area contributed by atoms with E-state index in [1.54, 1.807) is 30.3 Å². The molecule has 0 aliphatic heterocycles. The molecular weight excluding hydrogens is 439 g/mol. The minimum atomic E-state index is -0.589. The quantitative estimate of drug-likeness (QED) is 0.382. The van der Waals surface area contributed by atoms with Crippen LogP contribution in [0.2, 0.25) is 10.0 Å². The molecule has 0 aromatic heterocycles. The summed E-state index contributed by atoms with van der Waals surface area (Å²) in [7, 11) is 0. The van der Waals surface area contributed by atoms with E-state index in [9.17, 15) is 10.1 Å². The molecular formula is C19H11BrCl2N2O2. The van der Waals surface area contributed by atoms with Crippen molar-refractivity contribution in [2.24, 2.45) is 0 Å². The first-order valence-electron chi connectivity index (χ1n) is 7.18. The van der Waals surface area contributed by atoms with Crippen LogP contribution in [0.15, 0.2) is 46.4 Å². The third-order valence-corrected chi connectivity index (χ3v) is 4.36. The lowest BCUT2D eigenvalue weighted by Gasteiger charge is -2.09. The van der Waals surface area contributed by atoms with E-state index in [1.165, 1.54) is 12.1 Å². The molecule has 0 heterocycles. The standard InChI is InChI=1S/C19H11BrCl2N2O2/c1-2-7-26-18-6-3-14(20)9-12(18)8-13(11-23)19(25)24-15-4-5-16(21)17(22)10-15/h1,3-6,8-10H,7H2,(H,24,25)/b13-8+. The molecule has 130 valence electrons. The van der Waals surface area contributed by atoms with Crippen molar-refractivity contribution in [1.82, 2.24) is 0 Å². The van der Waals surface area contributed by atoms with Crippen molar-refractivity contribution in [3.63, 3.8) is 0 Å². The molecule has 0 atom stereocenters. The number of rotatable bonds is 5. The van der Waals surface area contributed by atoms with Crippen molar-refractivity contribution >= 4 is 56.8 Å². The lowest BCUT2D eigenvalue weighted by molar-refractivity contribution is -0.112. The van der Waals surface area contributed by atoms with Gasteiger partial charge in [0, 0.05) is 15.7 Å². The Labute approximate surface area is 169 Å². The predicted octanol–water partition coefficient (Wildman–Crippen LogP) is 5.31. The van der Waals surface area contributed by atoms with Gasteiger partial charge < -0.3 is 10.1 Å². The number of carbonyl (C=O) groups excluding carboxylic acids is 1. The fourth-order valence-electron chi connectivity index (χ4n) is 1.96. The summed E-state index contributed by atoms with van der Waals surface area (Å²) in [6, 6.07) is 11.7. The molecule has 0 aliphatic rings. The van der Waals surface area contributed by atoms with E-state index in [0.29, 0.717) is 27.0 Å². The van der Waals surface area contributed by atoms with Gasteiger partial charge in [0.15, 0.2) is 0 Å². The first-order valence-corrected chi connectivity index (χ1v) is 8.73. The van der Waals surface area contributed by atoms with Gasteiger partial charge in [0.25, 0.3) is 5.91 Å². The van der Waals surface area contributed by atoms with Crippen molar-refractivity contribution in [2.75, 3.05) is 11.9 Å². The van der Waals surface area contributed by atoms with Crippen molar-refractivity contribution in [1.29, 1.82) is 5.26 Å². The maximum atomic E-state index is 12.4. The number of nitriles is 1.